The van der Waals surface area contributed by atoms with E-state index in [1.165, 1.54) is 19.9 Å². The number of hydrogen-bond acceptors (Lipinski definition) is 3. The molecule has 1 aromatic rings. The van der Waals surface area contributed by atoms with Gasteiger partial charge in [0.05, 0.1) is 11.0 Å². The van der Waals surface area contributed by atoms with Gasteiger partial charge in [0.15, 0.2) is 0 Å². The lowest BCUT2D eigenvalue weighted by Crippen LogP contribution is -2.37. The molecule has 0 aromatic heterocycles. The smallest absolute Gasteiger partial charge is 0.416 e. The average Bonchev–Trinajstić information content (AvgIpc) is 2.24. The molecule has 0 heterocycles. The molecule has 0 radical (unpaired) electrons. The van der Waals surface area contributed by atoms with Crippen LogP contribution in [0.5, 0.6) is 0 Å². The number of carbonyl (C=O) groups is 1. The number of ether oxygens (including phenoxy) is 1. The third-order valence-electron chi connectivity index (χ3n) is 2.91. The van der Waals surface area contributed by atoms with E-state index in [9.17, 15) is 18.0 Å². The number of nitrogen functional groups attached to an aromatic ring is 1. The lowest BCUT2D eigenvalue weighted by atomic mass is 9.83. The van der Waals surface area contributed by atoms with E-state index in [0.29, 0.717) is 0 Å². The Morgan fingerprint density at radius 1 is 1.00 bits per heavy atom. The molecule has 0 amide bonds. The van der Waals surface area contributed by atoms with Crippen LogP contribution in [0.3, 0.4) is 0 Å². The lowest BCUT2D eigenvalue weighted by Gasteiger charge is -2.29. The fourth-order valence-electron chi connectivity index (χ4n) is 1.70. The van der Waals surface area contributed by atoms with Crippen molar-refractivity contribution in [1.29, 1.82) is 0 Å². The first-order valence-electron chi connectivity index (χ1n) is 6.45. The van der Waals surface area contributed by atoms with Crippen LogP contribution in [0.15, 0.2) is 18.2 Å². The maximum Gasteiger partial charge on any atom is 0.416 e. The molecule has 0 aliphatic rings. The van der Waals surface area contributed by atoms with Crippen LogP contribution in [0.4, 0.5) is 18.9 Å². The van der Waals surface area contributed by atoms with Crippen molar-refractivity contribution in [3.05, 3.63) is 29.3 Å². The van der Waals surface area contributed by atoms with Crippen molar-refractivity contribution in [1.82, 2.24) is 0 Å². The number of rotatable bonds is 2. The van der Waals surface area contributed by atoms with Crippen LogP contribution in [-0.4, -0.2) is 11.6 Å². The molecule has 6 heteroatoms. The van der Waals surface area contributed by atoms with E-state index in [0.717, 1.165) is 12.1 Å². The number of benzene rings is 1. The molecule has 1 aromatic carbocycles. The molecule has 0 fully saturated rings. The highest BCUT2D eigenvalue weighted by molar-refractivity contribution is 5.83. The Kier molecular flexibility index (Phi) is 4.32. The zero-order valence-electron chi connectivity index (χ0n) is 12.8. The highest BCUT2D eigenvalue weighted by Gasteiger charge is 2.37. The fourth-order valence-corrected chi connectivity index (χ4v) is 1.70. The van der Waals surface area contributed by atoms with Gasteiger partial charge in [-0.1, -0.05) is 0 Å². The van der Waals surface area contributed by atoms with Crippen LogP contribution in [0.25, 0.3) is 0 Å². The van der Waals surface area contributed by atoms with E-state index < -0.39 is 28.7 Å². The van der Waals surface area contributed by atoms with Crippen LogP contribution in [-0.2, 0) is 21.1 Å². The first-order chi connectivity index (χ1) is 9.23. The first-order valence-corrected chi connectivity index (χ1v) is 6.45. The predicted octanol–water partition coefficient (Wildman–Crippen LogP) is 3.91. The number of anilines is 1. The van der Waals surface area contributed by atoms with Gasteiger partial charge >= 0.3 is 12.1 Å². The zero-order valence-corrected chi connectivity index (χ0v) is 12.8. The molecule has 2 N–H and O–H groups in total. The van der Waals surface area contributed by atoms with Gasteiger partial charge in [0.25, 0.3) is 0 Å². The van der Waals surface area contributed by atoms with Crippen molar-refractivity contribution in [3.63, 3.8) is 0 Å². The number of hydrogen-bond donors (Lipinski definition) is 1. The molecule has 21 heavy (non-hydrogen) atoms. The number of esters is 1. The highest BCUT2D eigenvalue weighted by Crippen LogP contribution is 2.35. The number of alkyl halides is 3. The summed E-state index contributed by atoms with van der Waals surface area (Å²) in [6.45, 7) is 8.11. The van der Waals surface area contributed by atoms with Gasteiger partial charge in [0.2, 0.25) is 0 Å². The predicted molar refractivity (Wildman–Crippen MR) is 74.7 cm³/mol. The van der Waals surface area contributed by atoms with Crippen LogP contribution in [0.1, 0.15) is 45.7 Å². The average molecular weight is 303 g/mol. The maximum absolute atomic E-state index is 12.8. The molecule has 0 bridgehead atoms. The lowest BCUT2D eigenvalue weighted by molar-refractivity contribution is -0.161. The molecule has 0 aliphatic heterocycles. The van der Waals surface area contributed by atoms with E-state index >= 15 is 0 Å². The second kappa shape index (κ2) is 5.24. The van der Waals surface area contributed by atoms with E-state index in [-0.39, 0.29) is 11.3 Å². The largest absolute Gasteiger partial charge is 0.459 e. The standard InChI is InChI=1S/C15H20F3NO2/c1-13(2,3)21-12(20)14(4,5)9-6-10(15(16,17)18)8-11(19)7-9/h6-8H,19H2,1-5H3. The summed E-state index contributed by atoms with van der Waals surface area (Å²) in [6, 6.07) is 3.13. The van der Waals surface area contributed by atoms with E-state index in [1.54, 1.807) is 20.8 Å². The summed E-state index contributed by atoms with van der Waals surface area (Å²) < 4.78 is 43.8. The number of carbonyl (C=O) groups excluding carboxylic acids is 1. The van der Waals surface area contributed by atoms with Crippen molar-refractivity contribution in [2.45, 2.75) is 51.8 Å². The van der Waals surface area contributed by atoms with Gasteiger partial charge in [-0.3, -0.25) is 4.79 Å². The Morgan fingerprint density at radius 2 is 1.48 bits per heavy atom. The van der Waals surface area contributed by atoms with Gasteiger partial charge in [0.1, 0.15) is 5.60 Å². The van der Waals surface area contributed by atoms with Crippen LogP contribution >= 0.6 is 0 Å². The van der Waals surface area contributed by atoms with Gasteiger partial charge < -0.3 is 10.5 Å². The summed E-state index contributed by atoms with van der Waals surface area (Å²) in [6.07, 6.45) is -4.52. The van der Waals surface area contributed by atoms with Gasteiger partial charge in [-0.05, 0) is 58.4 Å². The minimum absolute atomic E-state index is 0.0449. The Labute approximate surface area is 122 Å². The molecule has 0 saturated heterocycles. The minimum Gasteiger partial charge on any atom is -0.459 e. The summed E-state index contributed by atoms with van der Waals surface area (Å²) >= 11 is 0. The second-order valence-electron chi connectivity index (χ2n) is 6.47. The van der Waals surface area contributed by atoms with Gasteiger partial charge in [0, 0.05) is 5.69 Å². The zero-order chi connectivity index (χ0) is 16.6. The van der Waals surface area contributed by atoms with Crippen LogP contribution in [0.2, 0.25) is 0 Å². The van der Waals surface area contributed by atoms with Gasteiger partial charge in [-0.25, -0.2) is 0 Å². The Hall–Kier alpha value is -1.72. The summed E-state index contributed by atoms with van der Waals surface area (Å²) in [5.41, 5.74) is 2.82. The quantitative estimate of drug-likeness (QED) is 0.666. The van der Waals surface area contributed by atoms with E-state index in [4.69, 9.17) is 10.5 Å². The monoisotopic (exact) mass is 303 g/mol. The number of nitrogens with two attached hydrogens (primary N) is 1. The van der Waals surface area contributed by atoms with Crippen molar-refractivity contribution in [2.75, 3.05) is 5.73 Å². The first kappa shape index (κ1) is 17.3. The van der Waals surface area contributed by atoms with E-state index in [2.05, 4.69) is 0 Å². The van der Waals surface area contributed by atoms with E-state index in [1.807, 2.05) is 0 Å². The molecule has 0 unspecified atom stereocenters. The minimum atomic E-state index is -4.52. The van der Waals surface area contributed by atoms with Crippen molar-refractivity contribution in [3.8, 4) is 0 Å². The van der Waals surface area contributed by atoms with Crippen molar-refractivity contribution in [2.24, 2.45) is 0 Å². The van der Waals surface area contributed by atoms with Crippen molar-refractivity contribution < 1.29 is 22.7 Å². The Bertz CT molecular complexity index is 543. The molecule has 0 spiro atoms. The molecule has 0 atom stereocenters. The van der Waals surface area contributed by atoms with Crippen LogP contribution < -0.4 is 5.73 Å². The topological polar surface area (TPSA) is 52.3 Å². The number of halogens is 3. The van der Waals surface area contributed by atoms with Gasteiger partial charge in [-0.2, -0.15) is 13.2 Å². The molecule has 3 nitrogen and oxygen atoms in total. The summed E-state index contributed by atoms with van der Waals surface area (Å²) in [7, 11) is 0. The molecule has 118 valence electrons. The molecule has 0 saturated carbocycles. The van der Waals surface area contributed by atoms with Gasteiger partial charge in [-0.15, -0.1) is 0 Å². The fraction of sp³-hybridized carbons (Fsp3) is 0.533. The third kappa shape index (κ3) is 4.37. The molecule has 1 rings (SSSR count). The summed E-state index contributed by atoms with van der Waals surface area (Å²) in [4.78, 5) is 12.2. The molecular weight excluding hydrogens is 283 g/mol. The molecular formula is C15H20F3NO2. The molecule has 0 aliphatic carbocycles. The summed E-state index contributed by atoms with van der Waals surface area (Å²) in [5.74, 6) is -0.603. The maximum atomic E-state index is 12.8. The third-order valence-corrected chi connectivity index (χ3v) is 2.91. The summed E-state index contributed by atoms with van der Waals surface area (Å²) in [5, 5.41) is 0. The normalized spacial score (nSPS) is 13.1. The van der Waals surface area contributed by atoms with Crippen LogP contribution in [0, 0.1) is 0 Å². The SMILES string of the molecule is CC(C)(C)OC(=O)C(C)(C)c1cc(N)cc(C(F)(F)F)c1. The Morgan fingerprint density at radius 3 is 1.90 bits per heavy atom. The highest BCUT2D eigenvalue weighted by atomic mass is 19.4. The Balaban J connectivity index is 3.25. The second-order valence-corrected chi connectivity index (χ2v) is 6.47. The van der Waals surface area contributed by atoms with Crippen molar-refractivity contribution >= 4 is 11.7 Å².